The topological polar surface area (TPSA) is 25.2 Å². The fraction of sp³-hybridized carbons (Fsp3) is 0.556. The first kappa shape index (κ1) is 11.0. The zero-order valence-electron chi connectivity index (χ0n) is 7.84. The summed E-state index contributed by atoms with van der Waals surface area (Å²) in [4.78, 5) is 0. The van der Waals surface area contributed by atoms with Crippen LogP contribution in [-0.2, 0) is 6.54 Å². The normalized spacial score (nSPS) is 13.2. The molecule has 0 saturated carbocycles. The van der Waals surface area contributed by atoms with E-state index in [9.17, 15) is 0 Å². The average Bonchev–Trinajstić information content (AvgIpc) is 2.49. The molecule has 13 heavy (non-hydrogen) atoms. The van der Waals surface area contributed by atoms with Crippen molar-refractivity contribution >= 4 is 23.4 Å². The molecule has 1 unspecified atom stereocenters. The number of nitrogens with one attached hydrogen (secondary N) is 1. The lowest BCUT2D eigenvalue weighted by atomic mass is 10.3. The van der Waals surface area contributed by atoms with Crippen LogP contribution in [0.25, 0.3) is 0 Å². The fourth-order valence-electron chi connectivity index (χ4n) is 1.03. The molecule has 0 spiro atoms. The van der Waals surface area contributed by atoms with Crippen molar-refractivity contribution in [2.45, 2.75) is 19.5 Å². The molecule has 4 heteroatoms. The Labute approximate surface area is 88.0 Å². The highest BCUT2D eigenvalue weighted by Gasteiger charge is 2.02. The van der Waals surface area contributed by atoms with Gasteiger partial charge in [-0.05, 0) is 36.9 Å². The first-order valence-corrected chi connectivity index (χ1v) is 5.96. The Kier molecular flexibility index (Phi) is 4.70. The number of rotatable bonds is 5. The minimum Gasteiger partial charge on any atom is -0.448 e. The van der Waals surface area contributed by atoms with Gasteiger partial charge in [-0.1, -0.05) is 0 Å². The second-order valence-corrected chi connectivity index (χ2v) is 4.23. The number of hydrogen-bond donors (Lipinski definition) is 1. The van der Waals surface area contributed by atoms with E-state index in [1.54, 1.807) is 6.07 Å². The lowest BCUT2D eigenvalue weighted by Crippen LogP contribution is -2.27. The van der Waals surface area contributed by atoms with E-state index in [1.165, 1.54) is 0 Å². The standard InChI is InChI=1S/C9H14ClNOS/c1-7(6-13-2)11-5-8-3-4-9(10)12-8/h3-4,7,11H,5-6H2,1-2H3. The molecule has 1 rings (SSSR count). The van der Waals surface area contributed by atoms with Crippen LogP contribution in [0.15, 0.2) is 16.5 Å². The Bertz CT molecular complexity index is 252. The lowest BCUT2D eigenvalue weighted by Gasteiger charge is -2.10. The van der Waals surface area contributed by atoms with E-state index in [4.69, 9.17) is 16.0 Å². The molecular formula is C9H14ClNOS. The number of halogens is 1. The predicted octanol–water partition coefficient (Wildman–Crippen LogP) is 2.77. The molecule has 0 aliphatic carbocycles. The molecule has 1 aromatic heterocycles. The first-order chi connectivity index (χ1) is 6.22. The van der Waals surface area contributed by atoms with Crippen LogP contribution in [-0.4, -0.2) is 18.1 Å². The van der Waals surface area contributed by atoms with Gasteiger partial charge in [-0.25, -0.2) is 0 Å². The molecule has 0 amide bonds. The van der Waals surface area contributed by atoms with Crippen molar-refractivity contribution in [3.8, 4) is 0 Å². The zero-order chi connectivity index (χ0) is 9.68. The summed E-state index contributed by atoms with van der Waals surface area (Å²) in [5, 5.41) is 3.79. The van der Waals surface area contributed by atoms with Gasteiger partial charge in [0.1, 0.15) is 5.76 Å². The summed E-state index contributed by atoms with van der Waals surface area (Å²) in [7, 11) is 0. The van der Waals surface area contributed by atoms with E-state index in [0.717, 1.165) is 18.1 Å². The minimum absolute atomic E-state index is 0.453. The second kappa shape index (κ2) is 5.58. The molecule has 0 aromatic carbocycles. The van der Waals surface area contributed by atoms with Gasteiger partial charge >= 0.3 is 0 Å². The van der Waals surface area contributed by atoms with Crippen molar-refractivity contribution < 1.29 is 4.42 Å². The molecule has 1 aromatic rings. The molecular weight excluding hydrogens is 206 g/mol. The third-order valence-electron chi connectivity index (χ3n) is 1.67. The van der Waals surface area contributed by atoms with Crippen molar-refractivity contribution in [3.63, 3.8) is 0 Å². The van der Waals surface area contributed by atoms with Crippen molar-refractivity contribution in [2.75, 3.05) is 12.0 Å². The maximum atomic E-state index is 5.64. The van der Waals surface area contributed by atoms with E-state index in [1.807, 2.05) is 17.8 Å². The van der Waals surface area contributed by atoms with Gasteiger partial charge in [0.25, 0.3) is 0 Å². The highest BCUT2D eigenvalue weighted by atomic mass is 35.5. The third kappa shape index (κ3) is 4.07. The summed E-state index contributed by atoms with van der Waals surface area (Å²) in [6.07, 6.45) is 2.10. The van der Waals surface area contributed by atoms with Crippen LogP contribution in [0.2, 0.25) is 5.22 Å². The van der Waals surface area contributed by atoms with Crippen LogP contribution in [0.4, 0.5) is 0 Å². The summed E-state index contributed by atoms with van der Waals surface area (Å²) in [6.45, 7) is 2.90. The number of thioether (sulfide) groups is 1. The van der Waals surface area contributed by atoms with Gasteiger partial charge in [-0.3, -0.25) is 0 Å². The van der Waals surface area contributed by atoms with Gasteiger partial charge < -0.3 is 9.73 Å². The molecule has 1 heterocycles. The van der Waals surface area contributed by atoms with Gasteiger partial charge in [0.15, 0.2) is 5.22 Å². The van der Waals surface area contributed by atoms with Gasteiger partial charge in [0.2, 0.25) is 0 Å². The molecule has 0 fully saturated rings. The molecule has 1 N–H and O–H groups in total. The average molecular weight is 220 g/mol. The van der Waals surface area contributed by atoms with Crippen molar-refractivity contribution in [2.24, 2.45) is 0 Å². The van der Waals surface area contributed by atoms with E-state index in [2.05, 4.69) is 18.5 Å². The molecule has 0 aliphatic heterocycles. The zero-order valence-corrected chi connectivity index (χ0v) is 9.41. The molecule has 0 saturated heterocycles. The monoisotopic (exact) mass is 219 g/mol. The Morgan fingerprint density at radius 3 is 2.92 bits per heavy atom. The summed E-state index contributed by atoms with van der Waals surface area (Å²) in [5.41, 5.74) is 0. The fourth-order valence-corrected chi connectivity index (χ4v) is 1.81. The molecule has 0 radical (unpaired) electrons. The molecule has 0 aliphatic rings. The van der Waals surface area contributed by atoms with Gasteiger partial charge in [0, 0.05) is 11.8 Å². The minimum atomic E-state index is 0.453. The smallest absolute Gasteiger partial charge is 0.193 e. The van der Waals surface area contributed by atoms with Crippen LogP contribution >= 0.6 is 23.4 Å². The SMILES string of the molecule is CSCC(C)NCc1ccc(Cl)o1. The molecule has 1 atom stereocenters. The van der Waals surface area contributed by atoms with E-state index < -0.39 is 0 Å². The van der Waals surface area contributed by atoms with Crippen LogP contribution in [0.3, 0.4) is 0 Å². The Morgan fingerprint density at radius 2 is 2.38 bits per heavy atom. The maximum Gasteiger partial charge on any atom is 0.193 e. The highest BCUT2D eigenvalue weighted by Crippen LogP contribution is 2.12. The third-order valence-corrected chi connectivity index (χ3v) is 2.71. The van der Waals surface area contributed by atoms with Gasteiger partial charge in [-0.15, -0.1) is 0 Å². The van der Waals surface area contributed by atoms with E-state index in [-0.39, 0.29) is 0 Å². The van der Waals surface area contributed by atoms with Crippen molar-refractivity contribution in [1.82, 2.24) is 5.32 Å². The summed E-state index contributed by atoms with van der Waals surface area (Å²) in [6, 6.07) is 4.15. The van der Waals surface area contributed by atoms with Crippen molar-refractivity contribution in [1.29, 1.82) is 0 Å². The highest BCUT2D eigenvalue weighted by molar-refractivity contribution is 7.98. The molecule has 74 valence electrons. The Hall–Kier alpha value is -0.120. The summed E-state index contributed by atoms with van der Waals surface area (Å²) >= 11 is 7.47. The Morgan fingerprint density at radius 1 is 1.62 bits per heavy atom. The van der Waals surface area contributed by atoms with Crippen LogP contribution in [0, 0.1) is 0 Å². The molecule has 0 bridgehead atoms. The number of furan rings is 1. The lowest BCUT2D eigenvalue weighted by molar-refractivity contribution is 0.468. The molecule has 2 nitrogen and oxygen atoms in total. The number of hydrogen-bond acceptors (Lipinski definition) is 3. The van der Waals surface area contributed by atoms with Crippen LogP contribution in [0.1, 0.15) is 12.7 Å². The van der Waals surface area contributed by atoms with E-state index >= 15 is 0 Å². The summed E-state index contributed by atoms with van der Waals surface area (Å²) in [5.74, 6) is 1.99. The van der Waals surface area contributed by atoms with Crippen LogP contribution < -0.4 is 5.32 Å². The van der Waals surface area contributed by atoms with Gasteiger partial charge in [-0.2, -0.15) is 11.8 Å². The maximum absolute atomic E-state index is 5.64. The van der Waals surface area contributed by atoms with Gasteiger partial charge in [0.05, 0.1) is 6.54 Å². The predicted molar refractivity (Wildman–Crippen MR) is 58.4 cm³/mol. The Balaban J connectivity index is 2.26. The summed E-state index contributed by atoms with van der Waals surface area (Å²) < 4.78 is 5.21. The van der Waals surface area contributed by atoms with E-state index in [0.29, 0.717) is 11.3 Å². The quantitative estimate of drug-likeness (QED) is 0.825. The van der Waals surface area contributed by atoms with Crippen molar-refractivity contribution in [3.05, 3.63) is 23.1 Å². The largest absolute Gasteiger partial charge is 0.448 e. The van der Waals surface area contributed by atoms with Crippen LogP contribution in [0.5, 0.6) is 0 Å². The second-order valence-electron chi connectivity index (χ2n) is 2.94. The first-order valence-electron chi connectivity index (χ1n) is 4.19.